The summed E-state index contributed by atoms with van der Waals surface area (Å²) in [6, 6.07) is 7.52. The topological polar surface area (TPSA) is 107 Å². The molecule has 8 heteroatoms. The first-order chi connectivity index (χ1) is 9.51. The predicted molar refractivity (Wildman–Crippen MR) is 76.3 cm³/mol. The Hall–Kier alpha value is -2.61. The van der Waals surface area contributed by atoms with Crippen LogP contribution in [0.25, 0.3) is 0 Å². The first-order valence-electron chi connectivity index (χ1n) is 5.50. The van der Waals surface area contributed by atoms with Gasteiger partial charge < -0.3 is 15.8 Å². The average Bonchev–Trinajstić information content (AvgIpc) is 2.88. The van der Waals surface area contributed by atoms with E-state index in [0.29, 0.717) is 17.1 Å². The molecule has 1 amide bonds. The zero-order valence-corrected chi connectivity index (χ0v) is 11.3. The Morgan fingerprint density at radius 2 is 2.15 bits per heavy atom. The Labute approximate surface area is 118 Å². The first-order valence-corrected chi connectivity index (χ1v) is 6.32. The van der Waals surface area contributed by atoms with Crippen LogP contribution in [0.1, 0.15) is 9.67 Å². The molecule has 1 aromatic carbocycles. The van der Waals surface area contributed by atoms with Crippen LogP contribution in [0, 0.1) is 10.1 Å². The van der Waals surface area contributed by atoms with Crippen molar-refractivity contribution in [2.45, 2.75) is 0 Å². The molecule has 2 aromatic rings. The molecule has 0 bridgehead atoms. The molecule has 104 valence electrons. The van der Waals surface area contributed by atoms with Gasteiger partial charge in [0.05, 0.1) is 22.6 Å². The van der Waals surface area contributed by atoms with Gasteiger partial charge in [0, 0.05) is 11.8 Å². The molecule has 0 radical (unpaired) electrons. The number of amides is 1. The van der Waals surface area contributed by atoms with Crippen molar-refractivity contribution in [3.05, 3.63) is 45.3 Å². The Bertz CT molecular complexity index is 668. The van der Waals surface area contributed by atoms with E-state index in [1.54, 1.807) is 18.2 Å². The standard InChI is InChI=1S/C12H11N3O4S/c1-19-9-3-2-7(6-8(9)13)14-12(16)10-4-5-11(20-10)15(17)18/h2-6H,13H2,1H3,(H,14,16). The van der Waals surface area contributed by atoms with Gasteiger partial charge in [-0.05, 0) is 24.3 Å². The van der Waals surface area contributed by atoms with Crippen LogP contribution in [-0.4, -0.2) is 17.9 Å². The number of anilines is 2. The van der Waals surface area contributed by atoms with Gasteiger partial charge >= 0.3 is 5.00 Å². The van der Waals surface area contributed by atoms with Crippen LogP contribution in [0.3, 0.4) is 0 Å². The summed E-state index contributed by atoms with van der Waals surface area (Å²) in [5.41, 5.74) is 6.61. The van der Waals surface area contributed by atoms with E-state index in [-0.39, 0.29) is 9.88 Å². The summed E-state index contributed by atoms with van der Waals surface area (Å²) >= 11 is 0.813. The minimum atomic E-state index is -0.535. The second-order valence-corrected chi connectivity index (χ2v) is 4.87. The number of benzene rings is 1. The summed E-state index contributed by atoms with van der Waals surface area (Å²) < 4.78 is 5.01. The fraction of sp³-hybridized carbons (Fsp3) is 0.0833. The lowest BCUT2D eigenvalue weighted by molar-refractivity contribution is -0.380. The van der Waals surface area contributed by atoms with Crippen molar-refractivity contribution in [2.24, 2.45) is 0 Å². The minimum Gasteiger partial charge on any atom is -0.495 e. The molecule has 0 spiro atoms. The fourth-order valence-electron chi connectivity index (χ4n) is 1.55. The number of hydrogen-bond donors (Lipinski definition) is 2. The number of carbonyl (C=O) groups excluding carboxylic acids is 1. The van der Waals surface area contributed by atoms with Crippen LogP contribution < -0.4 is 15.8 Å². The minimum absolute atomic E-state index is 0.0793. The van der Waals surface area contributed by atoms with E-state index in [9.17, 15) is 14.9 Å². The third-order valence-electron chi connectivity index (χ3n) is 2.48. The third kappa shape index (κ3) is 2.86. The number of ether oxygens (including phenoxy) is 1. The summed E-state index contributed by atoms with van der Waals surface area (Å²) in [5.74, 6) is 0.0856. The molecule has 0 aliphatic carbocycles. The molecule has 2 rings (SSSR count). The molecule has 0 saturated carbocycles. The highest BCUT2D eigenvalue weighted by Gasteiger charge is 2.15. The molecule has 1 heterocycles. The van der Waals surface area contributed by atoms with Gasteiger partial charge in [0.15, 0.2) is 0 Å². The van der Waals surface area contributed by atoms with Gasteiger partial charge in [0.2, 0.25) is 0 Å². The molecule has 0 unspecified atom stereocenters. The van der Waals surface area contributed by atoms with Gasteiger partial charge in [-0.2, -0.15) is 0 Å². The fourth-order valence-corrected chi connectivity index (χ4v) is 2.27. The van der Waals surface area contributed by atoms with Crippen molar-refractivity contribution in [3.63, 3.8) is 0 Å². The molecule has 0 aliphatic heterocycles. The van der Waals surface area contributed by atoms with Crippen molar-refractivity contribution in [1.82, 2.24) is 0 Å². The van der Waals surface area contributed by atoms with Gasteiger partial charge in [-0.25, -0.2) is 0 Å². The number of nitrogens with zero attached hydrogens (tertiary/aromatic N) is 1. The van der Waals surface area contributed by atoms with Gasteiger partial charge in [-0.3, -0.25) is 14.9 Å². The number of nitro groups is 1. The van der Waals surface area contributed by atoms with E-state index < -0.39 is 10.8 Å². The van der Waals surface area contributed by atoms with Gasteiger partial charge in [0.25, 0.3) is 5.91 Å². The number of carbonyl (C=O) groups is 1. The number of thiophene rings is 1. The summed E-state index contributed by atoms with van der Waals surface area (Å²) in [5, 5.41) is 13.1. The molecule has 20 heavy (non-hydrogen) atoms. The monoisotopic (exact) mass is 293 g/mol. The molecular formula is C12H11N3O4S. The van der Waals surface area contributed by atoms with Crippen molar-refractivity contribution in [3.8, 4) is 5.75 Å². The normalized spacial score (nSPS) is 10.1. The van der Waals surface area contributed by atoms with E-state index in [1.807, 2.05) is 0 Å². The highest BCUT2D eigenvalue weighted by Crippen LogP contribution is 2.27. The Morgan fingerprint density at radius 1 is 1.40 bits per heavy atom. The van der Waals surface area contributed by atoms with E-state index in [1.165, 1.54) is 19.2 Å². The van der Waals surface area contributed by atoms with E-state index in [4.69, 9.17) is 10.5 Å². The summed E-state index contributed by atoms with van der Waals surface area (Å²) in [4.78, 5) is 22.2. The van der Waals surface area contributed by atoms with Gasteiger partial charge in [-0.1, -0.05) is 11.3 Å². The number of rotatable bonds is 4. The van der Waals surface area contributed by atoms with Gasteiger partial charge in [0.1, 0.15) is 5.75 Å². The Kier molecular flexibility index (Phi) is 3.85. The zero-order chi connectivity index (χ0) is 14.7. The lowest BCUT2D eigenvalue weighted by Gasteiger charge is -2.07. The number of nitrogens with two attached hydrogens (primary N) is 1. The molecule has 0 aliphatic rings. The summed E-state index contributed by atoms with van der Waals surface area (Å²) in [7, 11) is 1.49. The second kappa shape index (κ2) is 5.57. The maximum atomic E-state index is 11.9. The second-order valence-electron chi connectivity index (χ2n) is 3.81. The SMILES string of the molecule is COc1ccc(NC(=O)c2ccc([N+](=O)[O-])s2)cc1N. The summed E-state index contributed by atoms with van der Waals surface area (Å²) in [6.45, 7) is 0. The molecular weight excluding hydrogens is 282 g/mol. The number of nitrogens with one attached hydrogen (secondary N) is 1. The summed E-state index contributed by atoms with van der Waals surface area (Å²) in [6.07, 6.45) is 0. The van der Waals surface area contributed by atoms with Crippen LogP contribution in [-0.2, 0) is 0 Å². The Balaban J connectivity index is 2.14. The highest BCUT2D eigenvalue weighted by atomic mass is 32.1. The zero-order valence-electron chi connectivity index (χ0n) is 10.5. The lowest BCUT2D eigenvalue weighted by Crippen LogP contribution is -2.10. The molecule has 7 nitrogen and oxygen atoms in total. The van der Waals surface area contributed by atoms with Crippen LogP contribution in [0.15, 0.2) is 30.3 Å². The van der Waals surface area contributed by atoms with Crippen molar-refractivity contribution in [2.75, 3.05) is 18.2 Å². The number of nitrogen functional groups attached to an aromatic ring is 1. The van der Waals surface area contributed by atoms with Crippen molar-refractivity contribution >= 4 is 33.6 Å². The molecule has 0 saturated heterocycles. The molecule has 0 fully saturated rings. The largest absolute Gasteiger partial charge is 0.495 e. The molecule has 0 atom stereocenters. The number of hydrogen-bond acceptors (Lipinski definition) is 6. The van der Waals surface area contributed by atoms with E-state index >= 15 is 0 Å². The van der Waals surface area contributed by atoms with Crippen molar-refractivity contribution in [1.29, 1.82) is 0 Å². The lowest BCUT2D eigenvalue weighted by atomic mass is 10.2. The van der Waals surface area contributed by atoms with E-state index in [2.05, 4.69) is 5.32 Å². The molecule has 1 aromatic heterocycles. The quantitative estimate of drug-likeness (QED) is 0.511. The smallest absolute Gasteiger partial charge is 0.324 e. The maximum Gasteiger partial charge on any atom is 0.324 e. The van der Waals surface area contributed by atoms with Gasteiger partial charge in [-0.15, -0.1) is 0 Å². The Morgan fingerprint density at radius 3 is 2.70 bits per heavy atom. The van der Waals surface area contributed by atoms with Crippen LogP contribution in [0.2, 0.25) is 0 Å². The molecule has 3 N–H and O–H groups in total. The maximum absolute atomic E-state index is 11.9. The predicted octanol–water partition coefficient (Wildman–Crippen LogP) is 2.50. The highest BCUT2D eigenvalue weighted by molar-refractivity contribution is 7.17. The van der Waals surface area contributed by atoms with E-state index in [0.717, 1.165) is 11.3 Å². The number of methoxy groups -OCH3 is 1. The average molecular weight is 293 g/mol. The van der Waals surface area contributed by atoms with Crippen LogP contribution >= 0.6 is 11.3 Å². The van der Waals surface area contributed by atoms with Crippen LogP contribution in [0.4, 0.5) is 16.4 Å². The first kappa shape index (κ1) is 13.8. The van der Waals surface area contributed by atoms with Crippen molar-refractivity contribution < 1.29 is 14.5 Å². The van der Waals surface area contributed by atoms with Crippen LogP contribution in [0.5, 0.6) is 5.75 Å². The third-order valence-corrected chi connectivity index (χ3v) is 3.52.